The van der Waals surface area contributed by atoms with Gasteiger partial charge in [-0.15, -0.1) is 0 Å². The van der Waals surface area contributed by atoms with Crippen LogP contribution in [0.25, 0.3) is 11.0 Å². The number of rotatable bonds is 1. The molecule has 12 heavy (non-hydrogen) atoms. The van der Waals surface area contributed by atoms with Crippen molar-refractivity contribution in [1.29, 1.82) is 0 Å². The van der Waals surface area contributed by atoms with Gasteiger partial charge in [-0.25, -0.2) is 0 Å². The molecule has 0 aliphatic carbocycles. The first kappa shape index (κ1) is 6.91. The lowest BCUT2D eigenvalue weighted by atomic mass is 10.2. The highest BCUT2D eigenvalue weighted by Crippen LogP contribution is 2.29. The number of benzene rings is 1. The van der Waals surface area contributed by atoms with Crippen LogP contribution in [0.5, 0.6) is 5.75 Å². The molecule has 0 spiro atoms. The number of aromatic hydroxyl groups is 1. The van der Waals surface area contributed by atoms with E-state index in [1.54, 1.807) is 24.3 Å². The Balaban J connectivity index is 2.87. The lowest BCUT2D eigenvalue weighted by Crippen LogP contribution is -1.71. The van der Waals surface area contributed by atoms with Gasteiger partial charge in [0.25, 0.3) is 6.29 Å². The first-order chi connectivity index (χ1) is 5.83. The largest absolute Gasteiger partial charge is 0.504 e. The summed E-state index contributed by atoms with van der Waals surface area (Å²) in [7, 11) is 0. The second-order valence-electron chi connectivity index (χ2n) is 2.38. The van der Waals surface area contributed by atoms with E-state index in [0.29, 0.717) is 11.0 Å². The zero-order chi connectivity index (χ0) is 8.55. The van der Waals surface area contributed by atoms with E-state index >= 15 is 0 Å². The summed E-state index contributed by atoms with van der Waals surface area (Å²) in [5, 5.41) is 9.87. The summed E-state index contributed by atoms with van der Waals surface area (Å²) >= 11 is 0. The minimum Gasteiger partial charge on any atom is -0.504 e. The molecule has 0 aliphatic heterocycles. The Bertz CT molecular complexity index is 428. The molecule has 0 saturated carbocycles. The first-order valence-corrected chi connectivity index (χ1v) is 3.41. The molecule has 0 unspecified atom stereocenters. The Morgan fingerprint density at radius 3 is 2.75 bits per heavy atom. The number of hydrogen-bond donors (Lipinski definition) is 1. The lowest BCUT2D eigenvalue weighted by molar-refractivity contribution is 0.455. The standard InChI is InChI=1S/C9H5O3/c10-5-8-9(11)6-3-1-2-4-7(6)12-8/h1-4,11H. The zero-order valence-corrected chi connectivity index (χ0v) is 6.07. The van der Waals surface area contributed by atoms with Gasteiger partial charge in [0.1, 0.15) is 5.58 Å². The van der Waals surface area contributed by atoms with Crippen molar-refractivity contribution in [3.8, 4) is 5.75 Å². The van der Waals surface area contributed by atoms with Crippen LogP contribution in [0, 0.1) is 0 Å². The molecule has 1 N–H and O–H groups in total. The smallest absolute Gasteiger partial charge is 0.276 e. The van der Waals surface area contributed by atoms with Gasteiger partial charge in [-0.05, 0) is 12.1 Å². The summed E-state index contributed by atoms with van der Waals surface area (Å²) in [6.45, 7) is 0. The topological polar surface area (TPSA) is 50.4 Å². The number of carbonyl (C=O) groups excluding carboxylic acids is 1. The third kappa shape index (κ3) is 0.797. The minimum atomic E-state index is -0.142. The molecule has 0 saturated heterocycles. The van der Waals surface area contributed by atoms with E-state index < -0.39 is 0 Å². The number of fused-ring (bicyclic) bond motifs is 1. The molecule has 1 aromatic carbocycles. The van der Waals surface area contributed by atoms with Crippen molar-refractivity contribution in [3.63, 3.8) is 0 Å². The van der Waals surface area contributed by atoms with Crippen molar-refractivity contribution in [1.82, 2.24) is 0 Å². The SMILES string of the molecule is O=[C]c1oc2ccccc2c1O. The molecule has 0 fully saturated rings. The van der Waals surface area contributed by atoms with Gasteiger partial charge in [-0.2, -0.15) is 0 Å². The molecule has 1 heterocycles. The van der Waals surface area contributed by atoms with Gasteiger partial charge in [0.2, 0.25) is 5.76 Å². The molecule has 0 amide bonds. The maximum Gasteiger partial charge on any atom is 0.276 e. The number of furan rings is 1. The summed E-state index contributed by atoms with van der Waals surface area (Å²) < 4.78 is 4.97. The van der Waals surface area contributed by atoms with Crippen LogP contribution in [0.4, 0.5) is 0 Å². The number of para-hydroxylation sites is 1. The van der Waals surface area contributed by atoms with Gasteiger partial charge in [0.15, 0.2) is 5.75 Å². The van der Waals surface area contributed by atoms with Crippen molar-refractivity contribution in [2.75, 3.05) is 0 Å². The van der Waals surface area contributed by atoms with Crippen molar-refractivity contribution in [2.24, 2.45) is 0 Å². The molecule has 0 bridgehead atoms. The first-order valence-electron chi connectivity index (χ1n) is 3.41. The highest BCUT2D eigenvalue weighted by molar-refractivity contribution is 5.92. The quantitative estimate of drug-likeness (QED) is 0.691. The van der Waals surface area contributed by atoms with Crippen molar-refractivity contribution >= 4 is 17.3 Å². The second kappa shape index (κ2) is 2.37. The van der Waals surface area contributed by atoms with Gasteiger partial charge < -0.3 is 9.52 Å². The summed E-state index contributed by atoms with van der Waals surface area (Å²) in [5.74, 6) is -0.281. The zero-order valence-electron chi connectivity index (χ0n) is 6.07. The highest BCUT2D eigenvalue weighted by atomic mass is 16.4. The predicted octanol–water partition coefficient (Wildman–Crippen LogP) is 1.60. The molecule has 1 radical (unpaired) electrons. The maximum atomic E-state index is 10.2. The average Bonchev–Trinajstić information content (AvgIpc) is 2.44. The fourth-order valence-electron chi connectivity index (χ4n) is 1.10. The van der Waals surface area contributed by atoms with Crippen molar-refractivity contribution < 1.29 is 14.3 Å². The third-order valence-electron chi connectivity index (χ3n) is 1.66. The molecule has 1 aromatic heterocycles. The molecule has 2 rings (SSSR count). The summed E-state index contributed by atoms with van der Waals surface area (Å²) in [6.07, 6.45) is 1.52. The third-order valence-corrected chi connectivity index (χ3v) is 1.66. The highest BCUT2D eigenvalue weighted by Gasteiger charge is 2.11. The summed E-state index contributed by atoms with van der Waals surface area (Å²) in [5.41, 5.74) is 0.494. The maximum absolute atomic E-state index is 10.2. The monoisotopic (exact) mass is 161 g/mol. The molecule has 2 aromatic rings. The van der Waals surface area contributed by atoms with E-state index in [1.165, 1.54) is 6.29 Å². The van der Waals surface area contributed by atoms with E-state index in [2.05, 4.69) is 0 Å². The normalized spacial score (nSPS) is 10.3. The summed E-state index contributed by atoms with van der Waals surface area (Å²) in [4.78, 5) is 10.2. The Morgan fingerprint density at radius 2 is 2.08 bits per heavy atom. The average molecular weight is 161 g/mol. The Morgan fingerprint density at radius 1 is 1.33 bits per heavy atom. The van der Waals surface area contributed by atoms with Crippen LogP contribution in [-0.4, -0.2) is 11.4 Å². The molecule has 3 heteroatoms. The van der Waals surface area contributed by atoms with Gasteiger partial charge in [-0.3, -0.25) is 4.79 Å². The van der Waals surface area contributed by atoms with E-state index in [4.69, 9.17) is 4.42 Å². The van der Waals surface area contributed by atoms with E-state index in [-0.39, 0.29) is 11.5 Å². The predicted molar refractivity (Wildman–Crippen MR) is 42.7 cm³/mol. The van der Waals surface area contributed by atoms with E-state index in [9.17, 15) is 9.90 Å². The van der Waals surface area contributed by atoms with E-state index in [1.807, 2.05) is 0 Å². The van der Waals surface area contributed by atoms with Gasteiger partial charge in [-0.1, -0.05) is 12.1 Å². The van der Waals surface area contributed by atoms with Gasteiger partial charge >= 0.3 is 0 Å². The summed E-state index contributed by atoms with van der Waals surface area (Å²) in [6, 6.07) is 6.87. The molecular weight excluding hydrogens is 156 g/mol. The molecule has 3 nitrogen and oxygen atoms in total. The Kier molecular flexibility index (Phi) is 1.37. The second-order valence-corrected chi connectivity index (χ2v) is 2.38. The Hall–Kier alpha value is -1.77. The Labute approximate surface area is 68.2 Å². The van der Waals surface area contributed by atoms with Crippen LogP contribution in [0.2, 0.25) is 0 Å². The van der Waals surface area contributed by atoms with Crippen LogP contribution in [0.15, 0.2) is 28.7 Å². The molecular formula is C9H5O3. The van der Waals surface area contributed by atoms with Crippen LogP contribution in [0.3, 0.4) is 0 Å². The van der Waals surface area contributed by atoms with Crippen molar-refractivity contribution in [3.05, 3.63) is 30.0 Å². The lowest BCUT2D eigenvalue weighted by Gasteiger charge is -1.84. The fourth-order valence-corrected chi connectivity index (χ4v) is 1.10. The van der Waals surface area contributed by atoms with E-state index in [0.717, 1.165) is 0 Å². The molecule has 0 aliphatic rings. The van der Waals surface area contributed by atoms with Gasteiger partial charge in [0, 0.05) is 0 Å². The minimum absolute atomic E-state index is 0.138. The number of hydrogen-bond acceptors (Lipinski definition) is 3. The van der Waals surface area contributed by atoms with Crippen LogP contribution in [0.1, 0.15) is 5.76 Å². The van der Waals surface area contributed by atoms with Gasteiger partial charge in [0.05, 0.1) is 5.39 Å². The van der Waals surface area contributed by atoms with Crippen molar-refractivity contribution in [2.45, 2.75) is 0 Å². The van der Waals surface area contributed by atoms with Crippen LogP contribution >= 0.6 is 0 Å². The van der Waals surface area contributed by atoms with Crippen LogP contribution in [-0.2, 0) is 4.79 Å². The fraction of sp³-hybridized carbons (Fsp3) is 0. The molecule has 0 atom stereocenters. The molecule has 59 valence electrons. The van der Waals surface area contributed by atoms with Crippen LogP contribution < -0.4 is 0 Å².